The number of nitrogens with zero attached hydrogens (tertiary/aromatic N) is 1. The SMILES string of the molecule is CC1CN(CCCNC(=O)c2cccc(S(=O)(=O)NCc3cccs3)c2)CC(C)O1. The molecule has 9 heteroatoms. The lowest BCUT2D eigenvalue weighted by molar-refractivity contribution is -0.0680. The van der Waals surface area contributed by atoms with Crippen molar-refractivity contribution in [3.05, 3.63) is 52.2 Å². The summed E-state index contributed by atoms with van der Waals surface area (Å²) in [7, 11) is -3.68. The number of hydrogen-bond acceptors (Lipinski definition) is 6. The Bertz CT molecular complexity index is 921. The highest BCUT2D eigenvalue weighted by Gasteiger charge is 2.21. The molecule has 2 unspecified atom stereocenters. The van der Waals surface area contributed by atoms with Gasteiger partial charge >= 0.3 is 0 Å². The number of morpholine rings is 1. The molecule has 0 bridgehead atoms. The van der Waals surface area contributed by atoms with E-state index in [2.05, 4.69) is 28.8 Å². The van der Waals surface area contributed by atoms with E-state index in [1.807, 2.05) is 17.5 Å². The lowest BCUT2D eigenvalue weighted by Crippen LogP contribution is -2.46. The summed E-state index contributed by atoms with van der Waals surface area (Å²) in [5.74, 6) is -0.269. The average Bonchev–Trinajstić information content (AvgIpc) is 3.23. The van der Waals surface area contributed by atoms with Crippen LogP contribution in [0.4, 0.5) is 0 Å². The van der Waals surface area contributed by atoms with E-state index in [0.717, 1.165) is 30.9 Å². The van der Waals surface area contributed by atoms with Crippen LogP contribution in [0.1, 0.15) is 35.5 Å². The van der Waals surface area contributed by atoms with Gasteiger partial charge < -0.3 is 10.1 Å². The number of nitrogens with one attached hydrogen (secondary N) is 2. The molecule has 0 aliphatic carbocycles. The maximum atomic E-state index is 12.5. The van der Waals surface area contributed by atoms with Gasteiger partial charge in [-0.2, -0.15) is 0 Å². The first-order chi connectivity index (χ1) is 14.3. The van der Waals surface area contributed by atoms with Gasteiger partial charge in [0.2, 0.25) is 10.0 Å². The van der Waals surface area contributed by atoms with Gasteiger partial charge in [-0.3, -0.25) is 9.69 Å². The van der Waals surface area contributed by atoms with E-state index >= 15 is 0 Å². The molecule has 7 nitrogen and oxygen atoms in total. The summed E-state index contributed by atoms with van der Waals surface area (Å²) in [5.41, 5.74) is 0.336. The molecule has 2 N–H and O–H groups in total. The number of amides is 1. The predicted octanol–water partition coefficient (Wildman–Crippen LogP) is 2.46. The summed E-state index contributed by atoms with van der Waals surface area (Å²) in [5, 5.41) is 4.78. The molecule has 1 saturated heterocycles. The van der Waals surface area contributed by atoms with Crippen LogP contribution in [0.25, 0.3) is 0 Å². The molecule has 0 spiro atoms. The number of rotatable bonds is 9. The van der Waals surface area contributed by atoms with Gasteiger partial charge in [-0.05, 0) is 49.9 Å². The summed E-state index contributed by atoms with van der Waals surface area (Å²) >= 11 is 1.49. The van der Waals surface area contributed by atoms with E-state index in [4.69, 9.17) is 4.74 Å². The second-order valence-corrected chi connectivity index (χ2v) is 10.4. The van der Waals surface area contributed by atoms with Crippen LogP contribution in [0.3, 0.4) is 0 Å². The van der Waals surface area contributed by atoms with Crippen LogP contribution < -0.4 is 10.0 Å². The maximum absolute atomic E-state index is 12.5. The second kappa shape index (κ2) is 10.5. The fourth-order valence-electron chi connectivity index (χ4n) is 3.54. The summed E-state index contributed by atoms with van der Waals surface area (Å²) in [6.07, 6.45) is 1.27. The topological polar surface area (TPSA) is 87.7 Å². The van der Waals surface area contributed by atoms with Crippen molar-refractivity contribution in [3.63, 3.8) is 0 Å². The zero-order valence-electron chi connectivity index (χ0n) is 17.3. The van der Waals surface area contributed by atoms with Crippen molar-refractivity contribution < 1.29 is 17.9 Å². The molecule has 1 aliphatic rings. The van der Waals surface area contributed by atoms with Gasteiger partial charge in [-0.1, -0.05) is 12.1 Å². The third-order valence-corrected chi connectivity index (χ3v) is 7.13. The Kier molecular flexibility index (Phi) is 8.01. The molecule has 1 aliphatic heterocycles. The number of sulfonamides is 1. The van der Waals surface area contributed by atoms with Crippen molar-refractivity contribution in [2.75, 3.05) is 26.2 Å². The Hall–Kier alpha value is -1.78. The molecule has 2 heterocycles. The second-order valence-electron chi connectivity index (χ2n) is 7.56. The summed E-state index contributed by atoms with van der Waals surface area (Å²) in [4.78, 5) is 15.8. The normalized spacial score (nSPS) is 20.2. The molecule has 0 saturated carbocycles. The van der Waals surface area contributed by atoms with Gasteiger partial charge in [0.1, 0.15) is 0 Å². The van der Waals surface area contributed by atoms with E-state index < -0.39 is 10.0 Å². The Balaban J connectivity index is 1.49. The van der Waals surface area contributed by atoms with E-state index in [-0.39, 0.29) is 29.6 Å². The first-order valence-electron chi connectivity index (χ1n) is 10.1. The highest BCUT2D eigenvalue weighted by atomic mass is 32.2. The maximum Gasteiger partial charge on any atom is 0.251 e. The molecule has 1 aromatic carbocycles. The van der Waals surface area contributed by atoms with Crippen molar-refractivity contribution in [2.45, 2.75) is 43.9 Å². The molecule has 1 aromatic heterocycles. The third kappa shape index (κ3) is 6.61. The monoisotopic (exact) mass is 451 g/mol. The smallest absolute Gasteiger partial charge is 0.251 e. The first-order valence-corrected chi connectivity index (χ1v) is 12.5. The Labute approximate surface area is 182 Å². The van der Waals surface area contributed by atoms with E-state index in [1.54, 1.807) is 12.1 Å². The van der Waals surface area contributed by atoms with Gasteiger partial charge in [-0.15, -0.1) is 11.3 Å². The van der Waals surface area contributed by atoms with Crippen LogP contribution >= 0.6 is 11.3 Å². The summed E-state index contributed by atoms with van der Waals surface area (Å²) in [6.45, 7) is 7.59. The average molecular weight is 452 g/mol. The van der Waals surface area contributed by atoms with Crippen molar-refractivity contribution in [3.8, 4) is 0 Å². The standard InChI is InChI=1S/C21H29N3O4S2/c1-16-14-24(15-17(2)28-16)10-5-9-22-21(25)18-6-3-8-20(12-18)30(26,27)23-13-19-7-4-11-29-19/h3-4,6-8,11-12,16-17,23H,5,9-10,13-15H2,1-2H3,(H,22,25). The zero-order chi connectivity index (χ0) is 21.6. The van der Waals surface area contributed by atoms with Gasteiger partial charge in [-0.25, -0.2) is 13.1 Å². The van der Waals surface area contributed by atoms with Gasteiger partial charge in [0.05, 0.1) is 17.1 Å². The molecular weight excluding hydrogens is 422 g/mol. The van der Waals surface area contributed by atoms with E-state index in [0.29, 0.717) is 12.1 Å². The Morgan fingerprint density at radius 2 is 1.97 bits per heavy atom. The van der Waals surface area contributed by atoms with Crippen molar-refractivity contribution in [1.82, 2.24) is 14.9 Å². The van der Waals surface area contributed by atoms with E-state index in [9.17, 15) is 13.2 Å². The lowest BCUT2D eigenvalue weighted by atomic mass is 10.2. The van der Waals surface area contributed by atoms with Gasteiger partial charge in [0.15, 0.2) is 0 Å². The number of carbonyl (C=O) groups excluding carboxylic acids is 1. The molecule has 1 fully saturated rings. The molecule has 0 radical (unpaired) electrons. The molecule has 2 aromatic rings. The van der Waals surface area contributed by atoms with E-state index in [1.165, 1.54) is 23.5 Å². The minimum atomic E-state index is -3.68. The molecule has 2 atom stereocenters. The quantitative estimate of drug-likeness (QED) is 0.572. The van der Waals surface area contributed by atoms with Crippen molar-refractivity contribution >= 4 is 27.3 Å². The van der Waals surface area contributed by atoms with Crippen LogP contribution in [0.2, 0.25) is 0 Å². The fraction of sp³-hybridized carbons (Fsp3) is 0.476. The lowest BCUT2D eigenvalue weighted by Gasteiger charge is -2.35. The number of benzene rings is 1. The minimum absolute atomic E-state index is 0.0861. The number of ether oxygens (including phenoxy) is 1. The first kappa shape index (κ1) is 22.9. The van der Waals surface area contributed by atoms with Crippen LogP contribution in [-0.2, 0) is 21.3 Å². The van der Waals surface area contributed by atoms with Crippen molar-refractivity contribution in [2.24, 2.45) is 0 Å². The van der Waals surface area contributed by atoms with Crippen molar-refractivity contribution in [1.29, 1.82) is 0 Å². The van der Waals surface area contributed by atoms with Crippen LogP contribution in [0.15, 0.2) is 46.7 Å². The highest BCUT2D eigenvalue weighted by molar-refractivity contribution is 7.89. The molecular formula is C21H29N3O4S2. The number of hydrogen-bond donors (Lipinski definition) is 2. The summed E-state index contributed by atoms with van der Waals surface area (Å²) < 4.78 is 33.4. The fourth-order valence-corrected chi connectivity index (χ4v) is 5.33. The number of thiophene rings is 1. The summed E-state index contributed by atoms with van der Waals surface area (Å²) in [6, 6.07) is 9.87. The minimum Gasteiger partial charge on any atom is -0.373 e. The Morgan fingerprint density at radius 1 is 1.20 bits per heavy atom. The molecule has 3 rings (SSSR count). The highest BCUT2D eigenvalue weighted by Crippen LogP contribution is 2.14. The largest absolute Gasteiger partial charge is 0.373 e. The zero-order valence-corrected chi connectivity index (χ0v) is 19.0. The molecule has 164 valence electrons. The predicted molar refractivity (Wildman–Crippen MR) is 118 cm³/mol. The molecule has 30 heavy (non-hydrogen) atoms. The Morgan fingerprint density at radius 3 is 2.67 bits per heavy atom. The van der Waals surface area contributed by atoms with Crippen LogP contribution in [0, 0.1) is 0 Å². The molecule has 1 amide bonds. The van der Waals surface area contributed by atoms with Gasteiger partial charge in [0.25, 0.3) is 5.91 Å². The van der Waals surface area contributed by atoms with Crippen LogP contribution in [0.5, 0.6) is 0 Å². The van der Waals surface area contributed by atoms with Crippen LogP contribution in [-0.4, -0.2) is 57.6 Å². The third-order valence-electron chi connectivity index (χ3n) is 4.85. The van der Waals surface area contributed by atoms with Gasteiger partial charge in [0, 0.05) is 43.2 Å². The number of carbonyl (C=O) groups is 1.